The van der Waals surface area contributed by atoms with Crippen LogP contribution in [-0.2, 0) is 11.2 Å². The number of amides is 1. The number of ether oxygens (including phenoxy) is 1. The first-order chi connectivity index (χ1) is 15.5. The third-order valence-electron chi connectivity index (χ3n) is 5.94. The number of nitrogens with two attached hydrogens (primary N) is 1. The van der Waals surface area contributed by atoms with Gasteiger partial charge < -0.3 is 15.4 Å². The lowest BCUT2D eigenvalue weighted by atomic mass is 9.89. The lowest BCUT2D eigenvalue weighted by molar-refractivity contribution is -0.132. The molecule has 0 radical (unpaired) electrons. The van der Waals surface area contributed by atoms with Crippen LogP contribution in [0.15, 0.2) is 54.7 Å². The summed E-state index contributed by atoms with van der Waals surface area (Å²) in [7, 11) is 1.64. The topological polar surface area (TPSA) is 81.3 Å². The lowest BCUT2D eigenvalue weighted by Gasteiger charge is -2.33. The number of nitrogens with zero attached hydrogens (tertiary/aromatic N) is 3. The van der Waals surface area contributed by atoms with Gasteiger partial charge in [-0.25, -0.2) is 14.4 Å². The summed E-state index contributed by atoms with van der Waals surface area (Å²) in [6, 6.07) is 14.1. The molecule has 2 N–H and O–H groups in total. The van der Waals surface area contributed by atoms with Crippen molar-refractivity contribution in [2.75, 3.05) is 25.9 Å². The van der Waals surface area contributed by atoms with Crippen molar-refractivity contribution in [3.63, 3.8) is 0 Å². The maximum Gasteiger partial charge on any atom is 0.222 e. The van der Waals surface area contributed by atoms with E-state index in [0.717, 1.165) is 47.5 Å². The van der Waals surface area contributed by atoms with Gasteiger partial charge in [0.2, 0.25) is 11.9 Å². The largest absolute Gasteiger partial charge is 0.497 e. The number of rotatable bonds is 6. The second-order valence-corrected chi connectivity index (χ2v) is 8.06. The molecule has 1 aliphatic rings. The number of likely N-dealkylation sites (tertiary alicyclic amines) is 1. The van der Waals surface area contributed by atoms with Gasteiger partial charge in [-0.15, -0.1) is 0 Å². The molecule has 0 bridgehead atoms. The summed E-state index contributed by atoms with van der Waals surface area (Å²) < 4.78 is 18.4. The van der Waals surface area contributed by atoms with E-state index in [-0.39, 0.29) is 23.6 Å². The third kappa shape index (κ3) is 5.04. The molecule has 32 heavy (non-hydrogen) atoms. The van der Waals surface area contributed by atoms with E-state index in [0.29, 0.717) is 19.4 Å². The number of aromatic nitrogens is 2. The number of carbonyl (C=O) groups excluding carboxylic acids is 1. The summed E-state index contributed by atoms with van der Waals surface area (Å²) in [4.78, 5) is 23.6. The van der Waals surface area contributed by atoms with Crippen molar-refractivity contribution in [3.05, 3.63) is 71.8 Å². The van der Waals surface area contributed by atoms with Gasteiger partial charge in [-0.1, -0.05) is 24.3 Å². The van der Waals surface area contributed by atoms with Crippen LogP contribution in [0.1, 0.15) is 36.4 Å². The fourth-order valence-electron chi connectivity index (χ4n) is 4.20. The van der Waals surface area contributed by atoms with Gasteiger partial charge in [-0.05, 0) is 54.7 Å². The van der Waals surface area contributed by atoms with Crippen molar-refractivity contribution in [2.45, 2.75) is 31.6 Å². The molecule has 0 spiro atoms. The number of hydrogen-bond acceptors (Lipinski definition) is 5. The molecule has 2 aromatic carbocycles. The average Bonchev–Trinajstić information content (AvgIpc) is 2.83. The highest BCUT2D eigenvalue weighted by atomic mass is 19.1. The first-order valence-corrected chi connectivity index (χ1v) is 10.8. The smallest absolute Gasteiger partial charge is 0.222 e. The Hall–Kier alpha value is -3.48. The van der Waals surface area contributed by atoms with Gasteiger partial charge in [-0.3, -0.25) is 4.79 Å². The molecule has 3 aromatic rings. The van der Waals surface area contributed by atoms with E-state index >= 15 is 0 Å². The van der Waals surface area contributed by atoms with Gasteiger partial charge >= 0.3 is 0 Å². The number of aryl methyl sites for hydroxylation is 1. The summed E-state index contributed by atoms with van der Waals surface area (Å²) in [5.74, 6) is 0.933. The van der Waals surface area contributed by atoms with Gasteiger partial charge in [-0.2, -0.15) is 0 Å². The molecule has 1 amide bonds. The lowest BCUT2D eigenvalue weighted by Crippen LogP contribution is -2.39. The highest BCUT2D eigenvalue weighted by Gasteiger charge is 2.28. The quantitative estimate of drug-likeness (QED) is 0.628. The standard InChI is InChI=1S/C25H27FN4O2/c1-32-21-11-7-18(8-12-21)22-15-28-25(27)29-24(22)19-3-2-14-30(16-19)23(31)13-6-17-4-9-20(26)10-5-17/h4-5,7-12,15,19H,2-3,6,13-14,16H2,1H3,(H2,27,28,29)/t19-/m1/s1. The van der Waals surface area contributed by atoms with Gasteiger partial charge in [0, 0.05) is 37.2 Å². The Kier molecular flexibility index (Phi) is 6.63. The average molecular weight is 435 g/mol. The Morgan fingerprint density at radius 3 is 2.66 bits per heavy atom. The Bertz CT molecular complexity index is 1070. The van der Waals surface area contributed by atoms with Crippen LogP contribution in [0, 0.1) is 5.82 Å². The zero-order valence-corrected chi connectivity index (χ0v) is 18.1. The number of carbonyl (C=O) groups is 1. The van der Waals surface area contributed by atoms with Crippen molar-refractivity contribution in [1.82, 2.24) is 14.9 Å². The van der Waals surface area contributed by atoms with Gasteiger partial charge in [0.15, 0.2) is 0 Å². The second kappa shape index (κ2) is 9.77. The highest BCUT2D eigenvalue weighted by Crippen LogP contribution is 2.34. The van der Waals surface area contributed by atoms with E-state index in [1.807, 2.05) is 29.2 Å². The summed E-state index contributed by atoms with van der Waals surface area (Å²) in [5, 5.41) is 0. The summed E-state index contributed by atoms with van der Waals surface area (Å²) in [6.45, 7) is 1.33. The summed E-state index contributed by atoms with van der Waals surface area (Å²) in [5.41, 5.74) is 9.67. The number of hydrogen-bond donors (Lipinski definition) is 1. The molecule has 0 unspecified atom stereocenters. The SMILES string of the molecule is COc1ccc(-c2cnc(N)nc2[C@@H]2CCCN(C(=O)CCc3ccc(F)cc3)C2)cc1. The molecule has 6 nitrogen and oxygen atoms in total. The predicted octanol–water partition coefficient (Wildman–Crippen LogP) is 4.21. The zero-order chi connectivity index (χ0) is 22.5. The molecule has 1 aliphatic heterocycles. The molecular weight excluding hydrogens is 407 g/mol. The van der Waals surface area contributed by atoms with Crippen LogP contribution >= 0.6 is 0 Å². The van der Waals surface area contributed by atoms with Crippen molar-refractivity contribution < 1.29 is 13.9 Å². The molecule has 0 saturated carbocycles. The van der Waals surface area contributed by atoms with Crippen LogP contribution in [0.3, 0.4) is 0 Å². The number of halogens is 1. The van der Waals surface area contributed by atoms with Crippen molar-refractivity contribution in [2.24, 2.45) is 0 Å². The number of methoxy groups -OCH3 is 1. The van der Waals surface area contributed by atoms with E-state index in [4.69, 9.17) is 10.5 Å². The molecule has 1 saturated heterocycles. The first kappa shape index (κ1) is 21.7. The van der Waals surface area contributed by atoms with Crippen LogP contribution in [0.5, 0.6) is 5.75 Å². The second-order valence-electron chi connectivity index (χ2n) is 8.06. The fourth-order valence-corrected chi connectivity index (χ4v) is 4.20. The van der Waals surface area contributed by atoms with E-state index in [1.54, 1.807) is 25.4 Å². The third-order valence-corrected chi connectivity index (χ3v) is 5.94. The first-order valence-electron chi connectivity index (χ1n) is 10.8. The number of nitrogen functional groups attached to an aromatic ring is 1. The monoisotopic (exact) mass is 434 g/mol. The fraction of sp³-hybridized carbons (Fsp3) is 0.320. The van der Waals surface area contributed by atoms with Crippen LogP contribution in [0.4, 0.5) is 10.3 Å². The molecule has 0 aliphatic carbocycles. The number of benzene rings is 2. The van der Waals surface area contributed by atoms with Crippen molar-refractivity contribution in [1.29, 1.82) is 0 Å². The molecule has 1 aromatic heterocycles. The van der Waals surface area contributed by atoms with Crippen LogP contribution in [-0.4, -0.2) is 41.0 Å². The normalized spacial score (nSPS) is 16.1. The summed E-state index contributed by atoms with van der Waals surface area (Å²) in [6.07, 6.45) is 4.59. The molecule has 166 valence electrons. The molecule has 1 atom stereocenters. The Balaban J connectivity index is 1.49. The molecular formula is C25H27FN4O2. The maximum absolute atomic E-state index is 13.1. The molecule has 4 rings (SSSR count). The van der Waals surface area contributed by atoms with Crippen LogP contribution in [0.25, 0.3) is 11.1 Å². The van der Waals surface area contributed by atoms with Crippen LogP contribution in [0.2, 0.25) is 0 Å². The number of anilines is 1. The zero-order valence-electron chi connectivity index (χ0n) is 18.1. The Morgan fingerprint density at radius 1 is 1.19 bits per heavy atom. The maximum atomic E-state index is 13.1. The minimum atomic E-state index is -0.268. The highest BCUT2D eigenvalue weighted by molar-refractivity contribution is 5.77. The van der Waals surface area contributed by atoms with E-state index in [2.05, 4.69) is 9.97 Å². The van der Waals surface area contributed by atoms with Crippen LogP contribution < -0.4 is 10.5 Å². The van der Waals surface area contributed by atoms with E-state index in [1.165, 1.54) is 12.1 Å². The predicted molar refractivity (Wildman–Crippen MR) is 122 cm³/mol. The minimum Gasteiger partial charge on any atom is -0.497 e. The van der Waals surface area contributed by atoms with E-state index < -0.39 is 0 Å². The Labute approximate surface area is 187 Å². The van der Waals surface area contributed by atoms with Gasteiger partial charge in [0.1, 0.15) is 11.6 Å². The van der Waals surface area contributed by atoms with Gasteiger partial charge in [0.25, 0.3) is 0 Å². The van der Waals surface area contributed by atoms with Crippen molar-refractivity contribution in [3.8, 4) is 16.9 Å². The van der Waals surface area contributed by atoms with Crippen molar-refractivity contribution >= 4 is 11.9 Å². The summed E-state index contributed by atoms with van der Waals surface area (Å²) >= 11 is 0. The minimum absolute atomic E-state index is 0.0842. The number of piperidine rings is 1. The Morgan fingerprint density at radius 2 is 1.94 bits per heavy atom. The van der Waals surface area contributed by atoms with E-state index in [9.17, 15) is 9.18 Å². The molecule has 2 heterocycles. The molecule has 7 heteroatoms. The van der Waals surface area contributed by atoms with Gasteiger partial charge in [0.05, 0.1) is 12.8 Å². The molecule has 1 fully saturated rings.